The molecule has 0 bridgehead atoms. The fourth-order valence-electron chi connectivity index (χ4n) is 4.46. The Balaban J connectivity index is 1.65. The van der Waals surface area contributed by atoms with Crippen LogP contribution in [0.3, 0.4) is 0 Å². The van der Waals surface area contributed by atoms with E-state index in [1.165, 1.54) is 15.3 Å². The van der Waals surface area contributed by atoms with Crippen molar-refractivity contribution < 1.29 is 27.8 Å². The number of aliphatic hydroxyl groups is 1. The molecule has 1 heterocycles. The van der Waals surface area contributed by atoms with Gasteiger partial charge >= 0.3 is 6.03 Å². The molecule has 2 amide bonds. The van der Waals surface area contributed by atoms with Crippen LogP contribution in [0.2, 0.25) is 0 Å². The van der Waals surface area contributed by atoms with Crippen LogP contribution in [-0.4, -0.2) is 74.8 Å². The smallest absolute Gasteiger partial charge is 0.321 e. The summed E-state index contributed by atoms with van der Waals surface area (Å²) in [7, 11) is -0.787. The Hall–Kier alpha value is -4.04. The topological polar surface area (TPSA) is 108 Å². The van der Waals surface area contributed by atoms with Gasteiger partial charge in [-0.2, -0.15) is 4.31 Å². The Bertz CT molecular complexity index is 1530. The molecular weight excluding hydrogens is 542 g/mol. The number of hydrogen-bond donors (Lipinski definition) is 2. The van der Waals surface area contributed by atoms with Crippen LogP contribution in [0, 0.1) is 17.8 Å². The second-order valence-corrected chi connectivity index (χ2v) is 11.9. The van der Waals surface area contributed by atoms with Crippen LogP contribution in [0.25, 0.3) is 0 Å². The van der Waals surface area contributed by atoms with Gasteiger partial charge in [0.1, 0.15) is 22.5 Å². The molecule has 9 nitrogen and oxygen atoms in total. The molecular formula is C31H35N3O6S. The van der Waals surface area contributed by atoms with Gasteiger partial charge in [0.15, 0.2) is 0 Å². The van der Waals surface area contributed by atoms with Gasteiger partial charge in [-0.3, -0.25) is 0 Å². The quantitative estimate of drug-likeness (QED) is 0.429. The molecule has 0 aliphatic carbocycles. The lowest BCUT2D eigenvalue weighted by Gasteiger charge is -2.37. The number of hydrogen-bond acceptors (Lipinski definition) is 6. The van der Waals surface area contributed by atoms with Crippen LogP contribution >= 0.6 is 0 Å². The molecule has 0 aromatic heterocycles. The minimum absolute atomic E-state index is 0.0107. The number of likely N-dealkylation sites (N-methyl/N-ethyl adjacent to an activating group) is 1. The van der Waals surface area contributed by atoms with E-state index in [2.05, 4.69) is 17.2 Å². The van der Waals surface area contributed by atoms with E-state index in [1.54, 1.807) is 57.5 Å². The maximum absolute atomic E-state index is 13.7. The summed E-state index contributed by atoms with van der Waals surface area (Å²) in [6.07, 6.45) is -0.559. The Morgan fingerprint density at radius 1 is 1.12 bits per heavy atom. The Labute approximate surface area is 241 Å². The average molecular weight is 578 g/mol. The van der Waals surface area contributed by atoms with E-state index in [9.17, 15) is 18.3 Å². The van der Waals surface area contributed by atoms with Gasteiger partial charge in [-0.15, -0.1) is 0 Å². The maximum atomic E-state index is 13.7. The zero-order valence-corrected chi connectivity index (χ0v) is 24.4. The molecule has 0 fully saturated rings. The number of nitrogens with zero attached hydrogens (tertiary/aromatic N) is 2. The molecule has 0 saturated carbocycles. The summed E-state index contributed by atoms with van der Waals surface area (Å²) in [6.45, 7) is 3.48. The molecule has 0 unspecified atom stereocenters. The molecule has 3 aromatic rings. The highest BCUT2D eigenvalue weighted by Crippen LogP contribution is 2.34. The zero-order chi connectivity index (χ0) is 29.6. The van der Waals surface area contributed by atoms with Crippen LogP contribution in [0.1, 0.15) is 25.0 Å². The maximum Gasteiger partial charge on any atom is 0.321 e. The number of benzene rings is 3. The van der Waals surface area contributed by atoms with E-state index in [1.807, 2.05) is 37.3 Å². The van der Waals surface area contributed by atoms with Crippen molar-refractivity contribution in [3.8, 4) is 23.3 Å². The lowest BCUT2D eigenvalue weighted by atomic mass is 10.0. The summed E-state index contributed by atoms with van der Waals surface area (Å²) in [5.74, 6) is 6.61. The third-order valence-electron chi connectivity index (χ3n) is 6.91. The van der Waals surface area contributed by atoms with Gasteiger partial charge in [0.25, 0.3) is 0 Å². The van der Waals surface area contributed by atoms with Crippen molar-refractivity contribution in [2.45, 2.75) is 30.9 Å². The third kappa shape index (κ3) is 7.19. The lowest BCUT2D eigenvalue weighted by Crippen LogP contribution is -2.50. The molecule has 0 spiro atoms. The molecule has 3 aromatic carbocycles. The Morgan fingerprint density at radius 3 is 2.56 bits per heavy atom. The average Bonchev–Trinajstić information content (AvgIpc) is 2.97. The summed E-state index contributed by atoms with van der Waals surface area (Å²) in [5, 5.41) is 12.7. The van der Waals surface area contributed by atoms with E-state index < -0.39 is 22.2 Å². The second-order valence-electron chi connectivity index (χ2n) is 10.1. The first kappa shape index (κ1) is 29.9. The van der Waals surface area contributed by atoms with E-state index in [-0.39, 0.29) is 42.3 Å². The molecule has 2 N–H and O–H groups in total. The fraction of sp³-hybridized carbons (Fsp3) is 0.323. The third-order valence-corrected chi connectivity index (χ3v) is 8.93. The minimum atomic E-state index is -3.99. The van der Waals surface area contributed by atoms with Crippen LogP contribution < -0.4 is 14.8 Å². The monoisotopic (exact) mass is 577 g/mol. The number of aliphatic hydroxyl groups excluding tert-OH is 1. The SMILES string of the molecule is COc1cccc(NC(=O)N(C)C[C@H]2Oc3cc(C#Cc4ccccc4)ccc3S(=O)(=O)N([C@H](C)CO)C[C@@H]2C)c1. The van der Waals surface area contributed by atoms with Gasteiger partial charge in [-0.25, -0.2) is 13.2 Å². The van der Waals surface area contributed by atoms with Gasteiger partial charge in [0, 0.05) is 48.4 Å². The predicted octanol–water partition coefficient (Wildman–Crippen LogP) is 4.03. The van der Waals surface area contributed by atoms with E-state index in [4.69, 9.17) is 9.47 Å². The van der Waals surface area contributed by atoms with Crippen molar-refractivity contribution in [1.82, 2.24) is 9.21 Å². The first-order chi connectivity index (χ1) is 19.6. The van der Waals surface area contributed by atoms with Crippen molar-refractivity contribution in [2.75, 3.05) is 39.2 Å². The summed E-state index contributed by atoms with van der Waals surface area (Å²) in [5.41, 5.74) is 1.99. The van der Waals surface area contributed by atoms with Crippen molar-refractivity contribution in [3.05, 3.63) is 83.9 Å². The molecule has 0 saturated heterocycles. The highest BCUT2D eigenvalue weighted by Gasteiger charge is 2.38. The van der Waals surface area contributed by atoms with Crippen LogP contribution in [-0.2, 0) is 10.0 Å². The number of amides is 2. The second kappa shape index (κ2) is 13.1. The van der Waals surface area contributed by atoms with Crippen molar-refractivity contribution >= 4 is 21.7 Å². The molecule has 1 aliphatic heterocycles. The molecule has 216 valence electrons. The number of methoxy groups -OCH3 is 1. The van der Waals surface area contributed by atoms with Gasteiger partial charge in [-0.1, -0.05) is 43.0 Å². The van der Waals surface area contributed by atoms with E-state index in [0.717, 1.165) is 5.56 Å². The number of sulfonamides is 1. The largest absolute Gasteiger partial charge is 0.497 e. The molecule has 4 rings (SSSR count). The lowest BCUT2D eigenvalue weighted by molar-refractivity contribution is 0.0830. The van der Waals surface area contributed by atoms with Crippen molar-refractivity contribution in [1.29, 1.82) is 0 Å². The van der Waals surface area contributed by atoms with Gasteiger partial charge < -0.3 is 24.8 Å². The number of nitrogens with one attached hydrogen (secondary N) is 1. The minimum Gasteiger partial charge on any atom is -0.497 e. The number of anilines is 1. The fourth-order valence-corrected chi connectivity index (χ4v) is 6.29. The number of ether oxygens (including phenoxy) is 2. The highest BCUT2D eigenvalue weighted by molar-refractivity contribution is 7.89. The van der Waals surface area contributed by atoms with Crippen LogP contribution in [0.5, 0.6) is 11.5 Å². The summed E-state index contributed by atoms with van der Waals surface area (Å²) in [4.78, 5) is 14.5. The number of carbonyl (C=O) groups excluding carboxylic acids is 1. The number of urea groups is 1. The van der Waals surface area contributed by atoms with Gasteiger partial charge in [0.05, 0.1) is 20.3 Å². The standard InChI is InChI=1S/C31H35N3O6S/c1-22-19-34(23(2)21-35)41(37,38)30-16-15-25(14-13-24-9-6-5-7-10-24)17-28(30)40-29(22)20-33(3)31(36)32-26-11-8-12-27(18-26)39-4/h5-12,15-18,22-23,29,35H,19-21H2,1-4H3,(H,32,36)/t22-,23+,29+/m0/s1. The summed E-state index contributed by atoms with van der Waals surface area (Å²) < 4.78 is 40.3. The van der Waals surface area contributed by atoms with Crippen molar-refractivity contribution in [3.63, 3.8) is 0 Å². The first-order valence-corrected chi connectivity index (χ1v) is 14.7. The van der Waals surface area contributed by atoms with Gasteiger partial charge in [-0.05, 0) is 49.4 Å². The number of fused-ring (bicyclic) bond motifs is 1. The van der Waals surface area contributed by atoms with Crippen LogP contribution in [0.15, 0.2) is 77.7 Å². The van der Waals surface area contributed by atoms with E-state index in [0.29, 0.717) is 17.0 Å². The number of carbonyl (C=O) groups is 1. The van der Waals surface area contributed by atoms with Crippen molar-refractivity contribution in [2.24, 2.45) is 5.92 Å². The first-order valence-electron chi connectivity index (χ1n) is 13.3. The summed E-state index contributed by atoms with van der Waals surface area (Å²) in [6, 6.07) is 20.3. The summed E-state index contributed by atoms with van der Waals surface area (Å²) >= 11 is 0. The number of rotatable bonds is 6. The van der Waals surface area contributed by atoms with Crippen LogP contribution in [0.4, 0.5) is 10.5 Å². The molecule has 10 heteroatoms. The van der Waals surface area contributed by atoms with Gasteiger partial charge in [0.2, 0.25) is 10.0 Å². The predicted molar refractivity (Wildman–Crippen MR) is 158 cm³/mol. The Morgan fingerprint density at radius 2 is 1.85 bits per heavy atom. The normalized spacial score (nSPS) is 18.8. The molecule has 0 radical (unpaired) electrons. The molecule has 3 atom stereocenters. The molecule has 41 heavy (non-hydrogen) atoms. The Kier molecular flexibility index (Phi) is 9.55. The zero-order valence-electron chi connectivity index (χ0n) is 23.6. The van der Waals surface area contributed by atoms with E-state index >= 15 is 0 Å². The molecule has 1 aliphatic rings. The highest BCUT2D eigenvalue weighted by atomic mass is 32.2.